The van der Waals surface area contributed by atoms with E-state index in [1.54, 1.807) is 24.3 Å². The number of hydrogen-bond donors (Lipinski definition) is 2. The average Bonchev–Trinajstić information content (AvgIpc) is 2.55. The Morgan fingerprint density at radius 3 is 2.46 bits per heavy atom. The van der Waals surface area contributed by atoms with Crippen molar-refractivity contribution in [3.05, 3.63) is 53.6 Å². The second-order valence-electron chi connectivity index (χ2n) is 5.38. The van der Waals surface area contributed by atoms with Gasteiger partial charge in [0.05, 0.1) is 12.6 Å². The molecule has 0 aliphatic heterocycles. The van der Waals surface area contributed by atoms with E-state index in [1.165, 1.54) is 0 Å². The monoisotopic (exact) mass is 337 g/mol. The third-order valence-electron chi connectivity index (χ3n) is 3.45. The first-order valence-electron chi connectivity index (χ1n) is 7.65. The van der Waals surface area contributed by atoms with Gasteiger partial charge in [-0.1, -0.05) is 17.7 Å². The number of nitrogens with one attached hydrogen (secondary N) is 1. The smallest absolute Gasteiger partial charge is 0.387 e. The van der Waals surface area contributed by atoms with E-state index in [0.29, 0.717) is 11.3 Å². The number of hydrogen-bond acceptors (Lipinski definition) is 4. The molecule has 0 heterocycles. The molecule has 0 saturated heterocycles. The molecule has 0 amide bonds. The van der Waals surface area contributed by atoms with Crippen LogP contribution in [-0.2, 0) is 0 Å². The molecule has 1 unspecified atom stereocenters. The molecule has 0 aliphatic carbocycles. The third kappa shape index (κ3) is 5.09. The van der Waals surface area contributed by atoms with Gasteiger partial charge in [-0.2, -0.15) is 8.78 Å². The van der Waals surface area contributed by atoms with Gasteiger partial charge in [0.15, 0.2) is 0 Å². The summed E-state index contributed by atoms with van der Waals surface area (Å²) in [6.07, 6.45) is 0. The van der Waals surface area contributed by atoms with Crippen LogP contribution >= 0.6 is 0 Å². The third-order valence-corrected chi connectivity index (χ3v) is 3.45. The number of aliphatic hydroxyl groups excluding tert-OH is 1. The summed E-state index contributed by atoms with van der Waals surface area (Å²) in [5.74, 6) is 0.818. The van der Waals surface area contributed by atoms with Crippen molar-refractivity contribution in [1.82, 2.24) is 0 Å². The van der Waals surface area contributed by atoms with Crippen molar-refractivity contribution in [3.8, 4) is 11.5 Å². The first-order chi connectivity index (χ1) is 11.5. The largest absolute Gasteiger partial charge is 0.491 e. The van der Waals surface area contributed by atoms with Crippen molar-refractivity contribution in [2.45, 2.75) is 26.5 Å². The first-order valence-corrected chi connectivity index (χ1v) is 7.65. The molecule has 4 nitrogen and oxygen atoms in total. The molecule has 1 atom stereocenters. The molecule has 6 heteroatoms. The number of aryl methyl sites for hydroxylation is 1. The second kappa shape index (κ2) is 8.49. The lowest BCUT2D eigenvalue weighted by Gasteiger charge is -2.20. The summed E-state index contributed by atoms with van der Waals surface area (Å²) in [4.78, 5) is 0. The number of rotatable bonds is 8. The van der Waals surface area contributed by atoms with Crippen molar-refractivity contribution in [2.24, 2.45) is 0 Å². The molecule has 0 saturated carbocycles. The molecule has 24 heavy (non-hydrogen) atoms. The van der Waals surface area contributed by atoms with Crippen LogP contribution in [-0.4, -0.2) is 24.9 Å². The summed E-state index contributed by atoms with van der Waals surface area (Å²) in [6.45, 7) is 1.11. The Balaban J connectivity index is 2.11. The van der Waals surface area contributed by atoms with Gasteiger partial charge in [-0.15, -0.1) is 0 Å². The Labute approximate surface area is 140 Å². The zero-order valence-corrected chi connectivity index (χ0v) is 13.6. The van der Waals surface area contributed by atoms with E-state index >= 15 is 0 Å². The summed E-state index contributed by atoms with van der Waals surface area (Å²) >= 11 is 0. The molecule has 0 radical (unpaired) electrons. The Bertz CT molecular complexity index is 647. The fraction of sp³-hybridized carbons (Fsp3) is 0.333. The van der Waals surface area contributed by atoms with Crippen molar-refractivity contribution >= 4 is 5.69 Å². The number of ether oxygens (including phenoxy) is 2. The quantitative estimate of drug-likeness (QED) is 0.760. The minimum absolute atomic E-state index is 0.0443. The Hall–Kier alpha value is -2.34. The summed E-state index contributed by atoms with van der Waals surface area (Å²) in [5, 5.41) is 12.0. The lowest BCUT2D eigenvalue weighted by Crippen LogP contribution is -2.11. The van der Waals surface area contributed by atoms with Crippen LogP contribution in [0.1, 0.15) is 24.1 Å². The molecule has 2 aromatic rings. The van der Waals surface area contributed by atoms with E-state index in [1.807, 2.05) is 32.0 Å². The van der Waals surface area contributed by atoms with Crippen LogP contribution in [0.3, 0.4) is 0 Å². The summed E-state index contributed by atoms with van der Waals surface area (Å²) in [5.41, 5.74) is 2.45. The fourth-order valence-electron chi connectivity index (χ4n) is 2.35. The number of benzene rings is 2. The Kier molecular flexibility index (Phi) is 6.37. The predicted molar refractivity (Wildman–Crippen MR) is 88.9 cm³/mol. The van der Waals surface area contributed by atoms with Crippen LogP contribution in [0.4, 0.5) is 14.5 Å². The van der Waals surface area contributed by atoms with Crippen molar-refractivity contribution < 1.29 is 23.4 Å². The minimum Gasteiger partial charge on any atom is -0.491 e. The molecular formula is C18H21F2NO3. The summed E-state index contributed by atoms with van der Waals surface area (Å²) in [6, 6.07) is 12.1. The molecule has 0 aliphatic rings. The highest BCUT2D eigenvalue weighted by atomic mass is 19.3. The van der Waals surface area contributed by atoms with Gasteiger partial charge in [0.25, 0.3) is 0 Å². The predicted octanol–water partition coefficient (Wildman–Crippen LogP) is 4.14. The minimum atomic E-state index is -2.86. The highest BCUT2D eigenvalue weighted by Gasteiger charge is 2.15. The van der Waals surface area contributed by atoms with E-state index < -0.39 is 6.61 Å². The highest BCUT2D eigenvalue weighted by Crippen LogP contribution is 2.30. The van der Waals surface area contributed by atoms with Gasteiger partial charge in [-0.3, -0.25) is 0 Å². The maximum absolute atomic E-state index is 12.6. The van der Waals surface area contributed by atoms with E-state index in [2.05, 4.69) is 10.1 Å². The van der Waals surface area contributed by atoms with Crippen molar-refractivity contribution in [1.29, 1.82) is 0 Å². The fourth-order valence-corrected chi connectivity index (χ4v) is 2.35. The first kappa shape index (κ1) is 18.0. The van der Waals surface area contributed by atoms with E-state index in [9.17, 15) is 8.78 Å². The lowest BCUT2D eigenvalue weighted by molar-refractivity contribution is -0.0505. The molecular weight excluding hydrogens is 316 g/mol. The molecule has 0 fully saturated rings. The standard InChI is InChI=1S/C18H21F2NO3/c1-12-3-8-17(24-18(19)20)16(11-12)13(2)21-14-4-6-15(7-5-14)23-10-9-22/h3-8,11,13,18,21-22H,9-10H2,1-2H3. The molecule has 2 rings (SSSR count). The van der Waals surface area contributed by atoms with E-state index in [0.717, 1.165) is 11.3 Å². The van der Waals surface area contributed by atoms with Gasteiger partial charge in [0.2, 0.25) is 0 Å². The van der Waals surface area contributed by atoms with Crippen LogP contribution in [0, 0.1) is 6.92 Å². The highest BCUT2D eigenvalue weighted by molar-refractivity contribution is 5.50. The molecule has 2 aromatic carbocycles. The Morgan fingerprint density at radius 2 is 1.83 bits per heavy atom. The summed E-state index contributed by atoms with van der Waals surface area (Å²) < 4.78 is 35.0. The lowest BCUT2D eigenvalue weighted by atomic mass is 10.0. The van der Waals surface area contributed by atoms with Crippen LogP contribution < -0.4 is 14.8 Å². The van der Waals surface area contributed by atoms with Crippen molar-refractivity contribution in [2.75, 3.05) is 18.5 Å². The molecule has 0 aromatic heterocycles. The number of halogens is 2. The topological polar surface area (TPSA) is 50.7 Å². The Morgan fingerprint density at radius 1 is 1.12 bits per heavy atom. The van der Waals surface area contributed by atoms with Gasteiger partial charge >= 0.3 is 6.61 Å². The molecule has 2 N–H and O–H groups in total. The van der Waals surface area contributed by atoms with E-state index in [-0.39, 0.29) is 25.0 Å². The van der Waals surface area contributed by atoms with Gasteiger partial charge < -0.3 is 19.9 Å². The van der Waals surface area contributed by atoms with Crippen molar-refractivity contribution in [3.63, 3.8) is 0 Å². The van der Waals surface area contributed by atoms with Gasteiger partial charge in [-0.25, -0.2) is 0 Å². The normalized spacial score (nSPS) is 12.1. The van der Waals surface area contributed by atoms with Crippen LogP contribution in [0.15, 0.2) is 42.5 Å². The number of anilines is 1. The molecule has 0 bridgehead atoms. The van der Waals surface area contributed by atoms with Gasteiger partial charge in [0, 0.05) is 11.3 Å². The zero-order valence-electron chi connectivity index (χ0n) is 13.6. The van der Waals surface area contributed by atoms with Crippen LogP contribution in [0.2, 0.25) is 0 Å². The number of aliphatic hydroxyl groups is 1. The van der Waals surface area contributed by atoms with Crippen LogP contribution in [0.5, 0.6) is 11.5 Å². The molecule has 130 valence electrons. The maximum atomic E-state index is 12.6. The summed E-state index contributed by atoms with van der Waals surface area (Å²) in [7, 11) is 0. The maximum Gasteiger partial charge on any atom is 0.387 e. The van der Waals surface area contributed by atoms with Gasteiger partial charge in [-0.05, 0) is 44.2 Å². The zero-order chi connectivity index (χ0) is 17.5. The average molecular weight is 337 g/mol. The SMILES string of the molecule is Cc1ccc(OC(F)F)c(C(C)Nc2ccc(OCCO)cc2)c1. The van der Waals surface area contributed by atoms with E-state index in [4.69, 9.17) is 9.84 Å². The molecule has 0 spiro atoms. The number of alkyl halides is 2. The van der Waals surface area contributed by atoms with Crippen LogP contribution in [0.25, 0.3) is 0 Å². The second-order valence-corrected chi connectivity index (χ2v) is 5.38. The van der Waals surface area contributed by atoms with Gasteiger partial charge in [0.1, 0.15) is 18.1 Å².